The summed E-state index contributed by atoms with van der Waals surface area (Å²) in [5, 5.41) is 12.5. The fraction of sp³-hybridized carbons (Fsp3) is 0.357. The van der Waals surface area contributed by atoms with E-state index in [4.69, 9.17) is 33.0 Å². The molecule has 0 atom stereocenters. The van der Waals surface area contributed by atoms with Crippen LogP contribution in [0.2, 0.25) is 10.0 Å². The lowest BCUT2D eigenvalue weighted by atomic mass is 10.1. The molecular formula is C28H31Cl2N5O4. The minimum absolute atomic E-state index is 0.130. The van der Waals surface area contributed by atoms with Gasteiger partial charge in [0.2, 0.25) is 0 Å². The number of hydrogen-bond donors (Lipinski definition) is 2. The second-order valence-corrected chi connectivity index (χ2v) is 10.1. The molecule has 0 unspecified atom stereocenters. The molecule has 39 heavy (non-hydrogen) atoms. The number of nitrogens with zero attached hydrogens (tertiary/aromatic N) is 4. The highest BCUT2D eigenvalue weighted by Crippen LogP contribution is 2.28. The number of amides is 1. The lowest BCUT2D eigenvalue weighted by Crippen LogP contribution is -2.30. The summed E-state index contributed by atoms with van der Waals surface area (Å²) in [5.74, 6) is 0.886. The van der Waals surface area contributed by atoms with Gasteiger partial charge in [0.15, 0.2) is 0 Å². The molecule has 5 rings (SSSR count). The summed E-state index contributed by atoms with van der Waals surface area (Å²) in [7, 11) is 1.59. The summed E-state index contributed by atoms with van der Waals surface area (Å²) in [5.41, 5.74) is 1.22. The third-order valence-electron chi connectivity index (χ3n) is 6.54. The number of benzene rings is 1. The molecule has 2 aliphatic heterocycles. The number of halogens is 2. The summed E-state index contributed by atoms with van der Waals surface area (Å²) in [6.45, 7) is 3.81. The lowest BCUT2D eigenvalue weighted by Gasteiger charge is -2.28. The number of ether oxygens (including phenoxy) is 1. The van der Waals surface area contributed by atoms with Crippen LogP contribution in [0.4, 0.5) is 17.3 Å². The Labute approximate surface area is 237 Å². The normalized spacial score (nSPS) is 14.8. The number of aromatic nitrogens is 2. The van der Waals surface area contributed by atoms with Crippen LogP contribution in [0.1, 0.15) is 52.8 Å². The number of carboxylic acids is 1. The molecule has 2 saturated heterocycles. The number of nitrogens with one attached hydrogen (secondary N) is 1. The van der Waals surface area contributed by atoms with E-state index in [0.717, 1.165) is 57.7 Å². The molecule has 1 aromatic carbocycles. The van der Waals surface area contributed by atoms with Crippen LogP contribution >= 0.6 is 23.2 Å². The minimum Gasteiger partial charge on any atom is -0.497 e. The van der Waals surface area contributed by atoms with E-state index in [-0.39, 0.29) is 11.5 Å². The van der Waals surface area contributed by atoms with Crippen LogP contribution in [0.15, 0.2) is 48.8 Å². The van der Waals surface area contributed by atoms with Crippen molar-refractivity contribution in [3.63, 3.8) is 0 Å². The van der Waals surface area contributed by atoms with Crippen LogP contribution in [0, 0.1) is 0 Å². The van der Waals surface area contributed by atoms with E-state index < -0.39 is 5.97 Å². The first-order valence-electron chi connectivity index (χ1n) is 12.9. The van der Waals surface area contributed by atoms with Crippen LogP contribution in [-0.4, -0.2) is 60.2 Å². The van der Waals surface area contributed by atoms with E-state index in [1.807, 2.05) is 12.1 Å². The fourth-order valence-electron chi connectivity index (χ4n) is 4.51. The summed E-state index contributed by atoms with van der Waals surface area (Å²) >= 11 is 12.3. The Morgan fingerprint density at radius 2 is 1.38 bits per heavy atom. The zero-order chi connectivity index (χ0) is 27.8. The standard InChI is InChI=1S/C17H18ClN3O2.C11H13ClN2O2/c1-23-14-6-4-5-13(10-14)20-17(22)12-9-15(18)16(19-11-12)21-7-2-3-8-21;12-9-6-8(11(15)16)7-13-10(9)14-4-2-1-3-5-14/h4-6,9-11H,2-3,7-8H2,1H3,(H,20,22);6-7H,1-5H2,(H,15,16). The van der Waals surface area contributed by atoms with Crippen molar-refractivity contribution in [2.24, 2.45) is 0 Å². The molecule has 2 aromatic heterocycles. The van der Waals surface area contributed by atoms with E-state index in [2.05, 4.69) is 25.1 Å². The molecule has 0 bridgehead atoms. The van der Waals surface area contributed by atoms with Crippen molar-refractivity contribution in [1.29, 1.82) is 0 Å². The number of anilines is 3. The van der Waals surface area contributed by atoms with Gasteiger partial charge < -0.3 is 25.0 Å². The average molecular weight is 572 g/mol. The maximum Gasteiger partial charge on any atom is 0.337 e. The molecule has 2 fully saturated rings. The Morgan fingerprint density at radius 3 is 1.92 bits per heavy atom. The monoisotopic (exact) mass is 571 g/mol. The molecule has 0 saturated carbocycles. The highest BCUT2D eigenvalue weighted by Gasteiger charge is 2.19. The number of hydrogen-bond acceptors (Lipinski definition) is 7. The van der Waals surface area contributed by atoms with Crippen LogP contribution in [0.3, 0.4) is 0 Å². The molecule has 1 amide bonds. The topological polar surface area (TPSA) is 108 Å². The molecule has 3 aromatic rings. The van der Waals surface area contributed by atoms with Crippen molar-refractivity contribution in [3.8, 4) is 5.75 Å². The number of aromatic carboxylic acids is 1. The van der Waals surface area contributed by atoms with Gasteiger partial charge in [0.25, 0.3) is 5.91 Å². The molecule has 0 radical (unpaired) electrons. The molecule has 206 valence electrons. The van der Waals surface area contributed by atoms with E-state index in [1.165, 1.54) is 18.7 Å². The Bertz CT molecular complexity index is 1310. The number of carbonyl (C=O) groups excluding carboxylic acids is 1. The SMILES string of the molecule is COc1cccc(NC(=O)c2cnc(N3CCCC3)c(Cl)c2)c1.O=C(O)c1cnc(N2CCCCC2)c(Cl)c1. The zero-order valence-corrected chi connectivity index (χ0v) is 23.2. The minimum atomic E-state index is -1.00. The van der Waals surface area contributed by atoms with Crippen molar-refractivity contribution in [3.05, 3.63) is 70.0 Å². The molecule has 0 spiro atoms. The van der Waals surface area contributed by atoms with Gasteiger partial charge in [0, 0.05) is 50.3 Å². The molecular weight excluding hydrogens is 541 g/mol. The van der Waals surface area contributed by atoms with Gasteiger partial charge in [-0.2, -0.15) is 0 Å². The number of carbonyl (C=O) groups is 2. The quantitative estimate of drug-likeness (QED) is 0.369. The molecule has 9 nitrogen and oxygen atoms in total. The molecule has 11 heteroatoms. The molecule has 0 aliphatic carbocycles. The number of rotatable bonds is 6. The van der Waals surface area contributed by atoms with Gasteiger partial charge in [0.1, 0.15) is 17.4 Å². The Hall–Kier alpha value is -3.56. The van der Waals surface area contributed by atoms with Gasteiger partial charge in [-0.3, -0.25) is 4.79 Å². The van der Waals surface area contributed by atoms with Gasteiger partial charge in [-0.15, -0.1) is 0 Å². The largest absolute Gasteiger partial charge is 0.497 e. The second kappa shape index (κ2) is 13.5. The number of piperidine rings is 1. The van der Waals surface area contributed by atoms with E-state index in [0.29, 0.717) is 32.9 Å². The van der Waals surface area contributed by atoms with Crippen molar-refractivity contribution in [1.82, 2.24) is 9.97 Å². The Kier molecular flexibility index (Phi) is 9.84. The third-order valence-corrected chi connectivity index (χ3v) is 7.10. The molecule has 2 N–H and O–H groups in total. The first kappa shape index (κ1) is 28.4. The predicted octanol–water partition coefficient (Wildman–Crippen LogP) is 6.02. The third kappa shape index (κ3) is 7.52. The fourth-order valence-corrected chi connectivity index (χ4v) is 5.08. The van der Waals surface area contributed by atoms with Crippen LogP contribution in [0.25, 0.3) is 0 Å². The number of pyridine rings is 2. The summed E-state index contributed by atoms with van der Waals surface area (Å²) in [6, 6.07) is 10.3. The van der Waals surface area contributed by atoms with Crippen LogP contribution in [-0.2, 0) is 0 Å². The van der Waals surface area contributed by atoms with Gasteiger partial charge in [-0.05, 0) is 56.4 Å². The van der Waals surface area contributed by atoms with Gasteiger partial charge >= 0.3 is 5.97 Å². The summed E-state index contributed by atoms with van der Waals surface area (Å²) in [6.07, 6.45) is 8.73. The Balaban J connectivity index is 0.000000193. The van der Waals surface area contributed by atoms with E-state index in [9.17, 15) is 9.59 Å². The lowest BCUT2D eigenvalue weighted by molar-refractivity contribution is 0.0696. The van der Waals surface area contributed by atoms with Crippen molar-refractivity contribution < 1.29 is 19.4 Å². The van der Waals surface area contributed by atoms with Crippen LogP contribution < -0.4 is 19.9 Å². The number of methoxy groups -OCH3 is 1. The number of carboxylic acid groups (broad SMARTS) is 1. The molecule has 4 heterocycles. The van der Waals surface area contributed by atoms with E-state index in [1.54, 1.807) is 31.5 Å². The summed E-state index contributed by atoms with van der Waals surface area (Å²) in [4.78, 5) is 35.8. The summed E-state index contributed by atoms with van der Waals surface area (Å²) < 4.78 is 5.14. The predicted molar refractivity (Wildman–Crippen MR) is 154 cm³/mol. The second-order valence-electron chi connectivity index (χ2n) is 9.29. The maximum absolute atomic E-state index is 12.3. The zero-order valence-electron chi connectivity index (χ0n) is 21.7. The average Bonchev–Trinajstić information content (AvgIpc) is 3.48. The van der Waals surface area contributed by atoms with Crippen LogP contribution in [0.5, 0.6) is 5.75 Å². The first-order valence-corrected chi connectivity index (χ1v) is 13.6. The smallest absolute Gasteiger partial charge is 0.337 e. The highest BCUT2D eigenvalue weighted by atomic mass is 35.5. The molecule has 2 aliphatic rings. The maximum atomic E-state index is 12.3. The van der Waals surface area contributed by atoms with Crippen molar-refractivity contribution in [2.75, 3.05) is 48.4 Å². The van der Waals surface area contributed by atoms with Crippen molar-refractivity contribution >= 4 is 52.4 Å². The van der Waals surface area contributed by atoms with Gasteiger partial charge in [0.05, 0.1) is 28.3 Å². The van der Waals surface area contributed by atoms with Gasteiger partial charge in [-0.1, -0.05) is 29.3 Å². The van der Waals surface area contributed by atoms with Gasteiger partial charge in [-0.25, -0.2) is 14.8 Å². The van der Waals surface area contributed by atoms with E-state index >= 15 is 0 Å². The first-order chi connectivity index (χ1) is 18.9. The Morgan fingerprint density at radius 1 is 0.846 bits per heavy atom. The van der Waals surface area contributed by atoms with Crippen molar-refractivity contribution in [2.45, 2.75) is 32.1 Å². The highest BCUT2D eigenvalue weighted by molar-refractivity contribution is 6.33.